The van der Waals surface area contributed by atoms with Gasteiger partial charge >= 0.3 is 14.7 Å². The Hall–Kier alpha value is -3.09. The fourth-order valence-electron chi connectivity index (χ4n) is 8.63. The van der Waals surface area contributed by atoms with Gasteiger partial charge in [0, 0.05) is 48.2 Å². The van der Waals surface area contributed by atoms with Crippen LogP contribution in [0.4, 0.5) is 0 Å². The molecule has 2 aliphatic rings. The molecule has 0 unspecified atom stereocenters. The molecule has 0 atom stereocenters. The number of carbonyl (C=O) groups excluding carboxylic acids is 3. The van der Waals surface area contributed by atoms with E-state index in [4.69, 9.17) is 15.0 Å². The molecule has 9 heteroatoms. The first-order chi connectivity index (χ1) is 25.5. The number of hydrogen-bond donors (Lipinski definition) is 1. The van der Waals surface area contributed by atoms with Crippen molar-refractivity contribution in [2.45, 2.75) is 170 Å². The number of aryl methyl sites for hydroxylation is 2. The summed E-state index contributed by atoms with van der Waals surface area (Å²) < 4.78 is 20.5. The molecule has 2 N–H and O–H groups in total. The van der Waals surface area contributed by atoms with Crippen LogP contribution < -0.4 is 10.3 Å². The molecule has 0 aromatic heterocycles. The van der Waals surface area contributed by atoms with Gasteiger partial charge in [0.15, 0.2) is 0 Å². The van der Waals surface area contributed by atoms with Crippen molar-refractivity contribution in [3.8, 4) is 5.75 Å². The average Bonchev–Trinajstić information content (AvgIpc) is 3.07. The van der Waals surface area contributed by atoms with Crippen LogP contribution in [-0.2, 0) is 18.9 Å². The number of ketones is 1. The molecule has 1 saturated heterocycles. The van der Waals surface area contributed by atoms with E-state index in [1.807, 2.05) is 44.2 Å². The molecule has 8 nitrogen and oxygen atoms in total. The second kappa shape index (κ2) is 21.4. The van der Waals surface area contributed by atoms with Gasteiger partial charge in [-0.3, -0.25) is 19.3 Å². The molecular formula is C46H73N2O6P. The van der Waals surface area contributed by atoms with Crippen LogP contribution in [0.5, 0.6) is 5.75 Å². The maximum atomic E-state index is 12.9. The van der Waals surface area contributed by atoms with Gasteiger partial charge in [0.05, 0.1) is 0 Å². The van der Waals surface area contributed by atoms with Crippen molar-refractivity contribution in [1.82, 2.24) is 4.90 Å². The van der Waals surface area contributed by atoms with Crippen LogP contribution in [0.3, 0.4) is 0 Å². The number of nitrogens with zero attached hydrogens (tertiary/aromatic N) is 1. The maximum absolute atomic E-state index is 12.9. The molecule has 1 heterocycles. The summed E-state index contributed by atoms with van der Waals surface area (Å²) in [4.78, 5) is 38.4. The number of Topliss-reactive ketones (excluding diaryl/α,β-unsaturated/α-hetero) is 1. The number of piperidine rings is 1. The molecule has 1 saturated carbocycles. The molecule has 55 heavy (non-hydrogen) atoms. The highest BCUT2D eigenvalue weighted by molar-refractivity contribution is 7.17. The number of amides is 1. The van der Waals surface area contributed by atoms with Gasteiger partial charge in [-0.05, 0) is 120 Å². The van der Waals surface area contributed by atoms with Crippen LogP contribution >= 0.6 is 8.69 Å². The molecule has 308 valence electrons. The van der Waals surface area contributed by atoms with Gasteiger partial charge in [0.1, 0.15) is 17.6 Å². The zero-order chi connectivity index (χ0) is 41.6. The van der Waals surface area contributed by atoms with E-state index < -0.39 is 0 Å². The third-order valence-corrected chi connectivity index (χ3v) is 12.8. The number of nitrogens with two attached hydrogens (primary N) is 1. The van der Waals surface area contributed by atoms with Crippen LogP contribution in [0.2, 0.25) is 0 Å². The highest BCUT2D eigenvalue weighted by Crippen LogP contribution is 2.53. The quantitative estimate of drug-likeness (QED) is 0.115. The molecule has 0 bridgehead atoms. The summed E-state index contributed by atoms with van der Waals surface area (Å²) in [6, 6.07) is 14.7. The number of hydrogen-bond acceptors (Lipinski definition) is 7. The molecule has 2 aromatic carbocycles. The monoisotopic (exact) mass is 781 g/mol. The summed E-state index contributed by atoms with van der Waals surface area (Å²) in [5.41, 5.74) is 8.25. The van der Waals surface area contributed by atoms with Crippen LogP contribution in [0.15, 0.2) is 48.5 Å². The van der Waals surface area contributed by atoms with E-state index in [0.717, 1.165) is 81.8 Å². The Morgan fingerprint density at radius 3 is 1.78 bits per heavy atom. The second-order valence-electron chi connectivity index (χ2n) is 18.8. The molecule has 1 aliphatic heterocycles. The number of carbonyl (C=O) groups is 3. The fraction of sp³-hybridized carbons (Fsp3) is 0.674. The normalized spacial score (nSPS) is 21.2. The van der Waals surface area contributed by atoms with Crippen LogP contribution in [0, 0.1) is 36.5 Å². The van der Waals surface area contributed by atoms with Gasteiger partial charge in [-0.2, -0.15) is 0 Å². The fourth-order valence-corrected chi connectivity index (χ4v) is 8.83. The van der Waals surface area contributed by atoms with Crippen molar-refractivity contribution >= 4 is 26.3 Å². The summed E-state index contributed by atoms with van der Waals surface area (Å²) in [6.45, 7) is 24.5. The third-order valence-electron chi connectivity index (χ3n) is 12.5. The Balaban J connectivity index is 0.000000419. The van der Waals surface area contributed by atoms with Gasteiger partial charge in [0.2, 0.25) is 5.91 Å². The standard InChI is InChI=1S/C31H57NO3.C8H9NO.C7H7O2P/c1-23-28(2,3)19-24(20-29(23,4)5)26(33)17-15-13-11-12-14-16-18-27(34)35-25-21-30(6,7)32(10)31(8,9)22-25;1-6-4-2-3-5-7(6)8(9)10;1-6-3-2-4-7(5-6)9-10-8/h23-25H,11-22H2,1-10H3;2-5H,1H3,(H2,9,10);2-5H,1H3. The SMILES string of the molecule is CC1C(C)(C)CC(C(=O)CCCCCCCCC(=O)OC2CC(C)(C)N(C)C(C)(C)C2)CC1(C)C.Cc1cccc(OP=O)c1.Cc1ccccc1C(N)=O. The number of primary amides is 1. The number of esters is 1. The number of benzene rings is 2. The van der Waals surface area contributed by atoms with Crippen LogP contribution in [0.25, 0.3) is 0 Å². The summed E-state index contributed by atoms with van der Waals surface area (Å²) in [5.74, 6) is 1.60. The average molecular weight is 781 g/mol. The van der Waals surface area contributed by atoms with Gasteiger partial charge in [-0.15, -0.1) is 0 Å². The minimum atomic E-state index is -0.363. The Labute approximate surface area is 335 Å². The number of likely N-dealkylation sites (tertiary alicyclic amines) is 1. The lowest BCUT2D eigenvalue weighted by atomic mass is 9.54. The van der Waals surface area contributed by atoms with Crippen LogP contribution in [-0.4, -0.2) is 46.8 Å². The number of ether oxygens (including phenoxy) is 1. The predicted octanol–water partition coefficient (Wildman–Crippen LogP) is 11.6. The van der Waals surface area contributed by atoms with Crippen molar-refractivity contribution in [3.63, 3.8) is 0 Å². The highest BCUT2D eigenvalue weighted by Gasteiger charge is 2.46. The molecule has 1 aliphatic carbocycles. The van der Waals surface area contributed by atoms with Gasteiger partial charge in [-0.25, -0.2) is 4.57 Å². The molecule has 1 amide bonds. The second-order valence-corrected chi connectivity index (χ2v) is 19.1. The van der Waals surface area contributed by atoms with Crippen LogP contribution in [0.1, 0.15) is 161 Å². The molecule has 0 radical (unpaired) electrons. The lowest BCUT2D eigenvalue weighted by Gasteiger charge is -2.53. The van der Waals surface area contributed by atoms with Crippen molar-refractivity contribution in [3.05, 3.63) is 65.2 Å². The number of rotatable bonds is 14. The van der Waals surface area contributed by atoms with E-state index in [1.165, 1.54) is 0 Å². The lowest BCUT2D eigenvalue weighted by molar-refractivity contribution is -0.159. The van der Waals surface area contributed by atoms with E-state index >= 15 is 0 Å². The van der Waals surface area contributed by atoms with E-state index in [-0.39, 0.29) is 54.5 Å². The molecule has 4 rings (SSSR count). The van der Waals surface area contributed by atoms with Crippen molar-refractivity contribution in [2.75, 3.05) is 7.05 Å². The summed E-state index contributed by atoms with van der Waals surface area (Å²) in [7, 11) is 1.87. The largest absolute Gasteiger partial charge is 0.462 e. The van der Waals surface area contributed by atoms with E-state index in [0.29, 0.717) is 29.4 Å². The van der Waals surface area contributed by atoms with Gasteiger partial charge < -0.3 is 15.0 Å². The Morgan fingerprint density at radius 2 is 1.29 bits per heavy atom. The topological polar surface area (TPSA) is 116 Å². The zero-order valence-electron chi connectivity index (χ0n) is 36.3. The Bertz CT molecular complexity index is 1510. The van der Waals surface area contributed by atoms with Gasteiger partial charge in [0.25, 0.3) is 0 Å². The first-order valence-corrected chi connectivity index (χ1v) is 21.1. The first-order valence-electron chi connectivity index (χ1n) is 20.4. The zero-order valence-corrected chi connectivity index (χ0v) is 37.2. The van der Waals surface area contributed by atoms with E-state index in [9.17, 15) is 18.9 Å². The minimum absolute atomic E-state index is 0.0183. The van der Waals surface area contributed by atoms with E-state index in [1.54, 1.807) is 18.2 Å². The third kappa shape index (κ3) is 15.8. The predicted molar refractivity (Wildman–Crippen MR) is 226 cm³/mol. The smallest absolute Gasteiger partial charge is 0.395 e. The Morgan fingerprint density at radius 1 is 0.764 bits per heavy atom. The molecule has 0 spiro atoms. The lowest BCUT2D eigenvalue weighted by Crippen LogP contribution is -2.60. The summed E-state index contributed by atoms with van der Waals surface area (Å²) in [5, 5.41) is 0. The number of unbranched alkanes of at least 4 members (excludes halogenated alkanes) is 5. The van der Waals surface area contributed by atoms with E-state index in [2.05, 4.69) is 74.3 Å². The molecule has 2 fully saturated rings. The van der Waals surface area contributed by atoms with Gasteiger partial charge in [-0.1, -0.05) is 90.6 Å². The van der Waals surface area contributed by atoms with Crippen molar-refractivity contribution in [1.29, 1.82) is 0 Å². The molecular weight excluding hydrogens is 707 g/mol. The van der Waals surface area contributed by atoms with Crippen molar-refractivity contribution < 1.29 is 28.2 Å². The highest BCUT2D eigenvalue weighted by atomic mass is 31.1. The summed E-state index contributed by atoms with van der Waals surface area (Å²) >= 11 is 0. The minimum Gasteiger partial charge on any atom is -0.462 e. The first kappa shape index (κ1) is 48.1. The summed E-state index contributed by atoms with van der Waals surface area (Å²) in [6.07, 6.45) is 11.5. The van der Waals surface area contributed by atoms with Crippen molar-refractivity contribution in [2.24, 2.45) is 28.4 Å². The maximum Gasteiger partial charge on any atom is 0.395 e. The Kier molecular flexibility index (Phi) is 18.7. The molecule has 2 aromatic rings.